The molecule has 0 radical (unpaired) electrons. The first-order valence-electron chi connectivity index (χ1n) is 5.97. The number of rotatable bonds is 5. The van der Waals surface area contributed by atoms with E-state index in [2.05, 4.69) is 11.9 Å². The molecule has 1 aromatic rings. The molecule has 0 aliphatic rings. The van der Waals surface area contributed by atoms with Crippen molar-refractivity contribution >= 4 is 5.91 Å². The summed E-state index contributed by atoms with van der Waals surface area (Å²) in [7, 11) is 0. The number of hydrogen-bond acceptors (Lipinski definition) is 1. The van der Waals surface area contributed by atoms with E-state index in [9.17, 15) is 4.79 Å². The SMILES string of the molecule is C=C/C=C(\C=C/C)CNC(=O)c1ccccc1C. The molecule has 1 rings (SSSR count). The Bertz CT molecular complexity index is 484. The van der Waals surface area contributed by atoms with E-state index in [1.54, 1.807) is 6.08 Å². The molecule has 2 nitrogen and oxygen atoms in total. The number of nitrogens with one attached hydrogen (secondary N) is 1. The van der Waals surface area contributed by atoms with Crippen LogP contribution in [0.15, 0.2) is 60.7 Å². The lowest BCUT2D eigenvalue weighted by Gasteiger charge is -2.07. The summed E-state index contributed by atoms with van der Waals surface area (Å²) in [5.41, 5.74) is 2.72. The van der Waals surface area contributed by atoms with Gasteiger partial charge >= 0.3 is 0 Å². The van der Waals surface area contributed by atoms with Gasteiger partial charge in [0, 0.05) is 12.1 Å². The Morgan fingerprint density at radius 2 is 2.11 bits per heavy atom. The Morgan fingerprint density at radius 3 is 2.72 bits per heavy atom. The van der Waals surface area contributed by atoms with Gasteiger partial charge in [0.05, 0.1) is 0 Å². The zero-order valence-electron chi connectivity index (χ0n) is 10.9. The summed E-state index contributed by atoms with van der Waals surface area (Å²) in [6, 6.07) is 7.56. The molecule has 0 unspecified atom stereocenters. The third-order valence-corrected chi connectivity index (χ3v) is 2.56. The molecule has 0 atom stereocenters. The van der Waals surface area contributed by atoms with Crippen molar-refractivity contribution in [3.63, 3.8) is 0 Å². The van der Waals surface area contributed by atoms with E-state index in [4.69, 9.17) is 0 Å². The molecular weight excluding hydrogens is 222 g/mol. The lowest BCUT2D eigenvalue weighted by Crippen LogP contribution is -2.25. The number of hydrogen-bond donors (Lipinski definition) is 1. The zero-order valence-corrected chi connectivity index (χ0v) is 10.9. The summed E-state index contributed by atoms with van der Waals surface area (Å²) >= 11 is 0. The largest absolute Gasteiger partial charge is 0.348 e. The minimum absolute atomic E-state index is 0.0486. The molecule has 94 valence electrons. The summed E-state index contributed by atoms with van der Waals surface area (Å²) in [6.07, 6.45) is 7.50. The van der Waals surface area contributed by atoms with Crippen LogP contribution in [0.2, 0.25) is 0 Å². The minimum Gasteiger partial charge on any atom is -0.348 e. The quantitative estimate of drug-likeness (QED) is 0.786. The third-order valence-electron chi connectivity index (χ3n) is 2.56. The Hall–Kier alpha value is -2.09. The average molecular weight is 241 g/mol. The van der Waals surface area contributed by atoms with E-state index in [-0.39, 0.29) is 5.91 Å². The maximum Gasteiger partial charge on any atom is 0.251 e. The van der Waals surface area contributed by atoms with Gasteiger partial charge in [0.25, 0.3) is 5.91 Å². The van der Waals surface area contributed by atoms with Gasteiger partial charge in [-0.3, -0.25) is 4.79 Å². The molecule has 0 aromatic heterocycles. The van der Waals surface area contributed by atoms with Crippen LogP contribution >= 0.6 is 0 Å². The molecule has 1 aromatic carbocycles. The summed E-state index contributed by atoms with van der Waals surface area (Å²) in [5, 5.41) is 2.90. The fraction of sp³-hybridized carbons (Fsp3) is 0.188. The topological polar surface area (TPSA) is 29.1 Å². The van der Waals surface area contributed by atoms with E-state index in [0.717, 1.165) is 16.7 Å². The number of benzene rings is 1. The number of aryl methyl sites for hydroxylation is 1. The van der Waals surface area contributed by atoms with Gasteiger partial charge in [-0.25, -0.2) is 0 Å². The molecule has 0 saturated carbocycles. The van der Waals surface area contributed by atoms with Gasteiger partial charge in [0.15, 0.2) is 0 Å². The molecule has 0 heterocycles. The van der Waals surface area contributed by atoms with Gasteiger partial charge in [0.2, 0.25) is 0 Å². The van der Waals surface area contributed by atoms with Gasteiger partial charge in [-0.15, -0.1) is 0 Å². The molecule has 0 aliphatic carbocycles. The van der Waals surface area contributed by atoms with Crippen molar-refractivity contribution in [2.75, 3.05) is 6.54 Å². The van der Waals surface area contributed by atoms with Crippen LogP contribution in [0.25, 0.3) is 0 Å². The normalized spacial score (nSPS) is 11.6. The van der Waals surface area contributed by atoms with Crippen molar-refractivity contribution < 1.29 is 4.79 Å². The first-order valence-corrected chi connectivity index (χ1v) is 5.97. The van der Waals surface area contributed by atoms with Crippen LogP contribution in [0.3, 0.4) is 0 Å². The summed E-state index contributed by atoms with van der Waals surface area (Å²) in [6.45, 7) is 8.04. The minimum atomic E-state index is -0.0486. The molecule has 0 saturated heterocycles. The number of carbonyl (C=O) groups is 1. The zero-order chi connectivity index (χ0) is 13.4. The first kappa shape index (κ1) is 14.0. The van der Waals surface area contributed by atoms with Crippen LogP contribution in [0.5, 0.6) is 0 Å². The van der Waals surface area contributed by atoms with Crippen LogP contribution in [0.4, 0.5) is 0 Å². The Balaban J connectivity index is 2.69. The maximum atomic E-state index is 12.0. The van der Waals surface area contributed by atoms with Crippen molar-refractivity contribution in [2.24, 2.45) is 0 Å². The highest BCUT2D eigenvalue weighted by molar-refractivity contribution is 5.95. The van der Waals surface area contributed by atoms with Crippen LogP contribution in [-0.2, 0) is 0 Å². The van der Waals surface area contributed by atoms with Crippen LogP contribution < -0.4 is 5.32 Å². The molecule has 18 heavy (non-hydrogen) atoms. The molecule has 0 spiro atoms. The first-order chi connectivity index (χ1) is 8.69. The summed E-state index contributed by atoms with van der Waals surface area (Å²) in [4.78, 5) is 12.0. The van der Waals surface area contributed by atoms with E-state index in [1.807, 2.05) is 56.3 Å². The number of allylic oxidation sites excluding steroid dienone is 3. The van der Waals surface area contributed by atoms with Crippen LogP contribution in [0, 0.1) is 6.92 Å². The second-order valence-electron chi connectivity index (χ2n) is 3.97. The molecule has 1 amide bonds. The monoisotopic (exact) mass is 241 g/mol. The van der Waals surface area contributed by atoms with Crippen molar-refractivity contribution in [3.8, 4) is 0 Å². The van der Waals surface area contributed by atoms with Gasteiger partial charge in [-0.2, -0.15) is 0 Å². The summed E-state index contributed by atoms with van der Waals surface area (Å²) < 4.78 is 0. The van der Waals surface area contributed by atoms with E-state index in [0.29, 0.717) is 6.54 Å². The molecule has 2 heteroatoms. The lowest BCUT2D eigenvalue weighted by atomic mass is 10.1. The van der Waals surface area contributed by atoms with Crippen LogP contribution in [0.1, 0.15) is 22.8 Å². The third kappa shape index (κ3) is 4.06. The van der Waals surface area contributed by atoms with E-state index < -0.39 is 0 Å². The van der Waals surface area contributed by atoms with Gasteiger partial charge in [-0.05, 0) is 31.1 Å². The molecule has 0 fully saturated rings. The van der Waals surface area contributed by atoms with Crippen molar-refractivity contribution in [1.82, 2.24) is 5.32 Å². The Kier molecular flexibility index (Phi) is 5.65. The van der Waals surface area contributed by atoms with Crippen molar-refractivity contribution in [2.45, 2.75) is 13.8 Å². The highest BCUT2D eigenvalue weighted by Crippen LogP contribution is 2.06. The van der Waals surface area contributed by atoms with Crippen LogP contribution in [-0.4, -0.2) is 12.5 Å². The fourth-order valence-electron chi connectivity index (χ4n) is 1.64. The number of amides is 1. The molecule has 1 N–H and O–H groups in total. The van der Waals surface area contributed by atoms with E-state index in [1.165, 1.54) is 0 Å². The smallest absolute Gasteiger partial charge is 0.251 e. The lowest BCUT2D eigenvalue weighted by molar-refractivity contribution is 0.0956. The second-order valence-corrected chi connectivity index (χ2v) is 3.97. The predicted molar refractivity (Wildman–Crippen MR) is 76.6 cm³/mol. The highest BCUT2D eigenvalue weighted by atomic mass is 16.1. The Morgan fingerprint density at radius 1 is 1.39 bits per heavy atom. The van der Waals surface area contributed by atoms with Crippen molar-refractivity contribution in [1.29, 1.82) is 0 Å². The van der Waals surface area contributed by atoms with Crippen molar-refractivity contribution in [3.05, 3.63) is 71.8 Å². The molecule has 0 bridgehead atoms. The maximum absolute atomic E-state index is 12.0. The molecular formula is C16H19NO. The predicted octanol–water partition coefficient (Wildman–Crippen LogP) is 3.41. The average Bonchev–Trinajstić information content (AvgIpc) is 2.36. The summed E-state index contributed by atoms with van der Waals surface area (Å²) in [5.74, 6) is -0.0486. The van der Waals surface area contributed by atoms with Gasteiger partial charge in [-0.1, -0.05) is 49.1 Å². The second kappa shape index (κ2) is 7.28. The standard InChI is InChI=1S/C16H19NO/c1-4-8-14(9-5-2)12-17-16(18)15-11-7-6-10-13(15)3/h4-11H,1,12H2,2-3H3,(H,17,18)/b9-5-,14-8+. The fourth-order valence-corrected chi connectivity index (χ4v) is 1.64. The van der Waals surface area contributed by atoms with E-state index >= 15 is 0 Å². The number of carbonyl (C=O) groups excluding carboxylic acids is 1. The Labute approximate surface area is 109 Å². The van der Waals surface area contributed by atoms with Gasteiger partial charge in [0.1, 0.15) is 0 Å². The highest BCUT2D eigenvalue weighted by Gasteiger charge is 2.07. The van der Waals surface area contributed by atoms with Gasteiger partial charge < -0.3 is 5.32 Å². The molecule has 0 aliphatic heterocycles.